The molecular formula is C25H23ClN4O. The van der Waals surface area contributed by atoms with Crippen LogP contribution in [0.3, 0.4) is 0 Å². The Labute approximate surface area is 186 Å². The van der Waals surface area contributed by atoms with E-state index in [2.05, 4.69) is 20.3 Å². The lowest BCUT2D eigenvalue weighted by Gasteiger charge is -2.25. The van der Waals surface area contributed by atoms with Gasteiger partial charge in [-0.1, -0.05) is 60.1 Å². The average Bonchev–Trinajstić information content (AvgIpc) is 3.21. The Morgan fingerprint density at radius 3 is 2.55 bits per heavy atom. The first kappa shape index (κ1) is 20.8. The molecule has 0 fully saturated rings. The molecule has 0 aliphatic rings. The maximum absolute atomic E-state index is 13.1. The standard InChI is InChI=1S/C25H23ClN4O/c1-25(2,15-22-28-16-21(29-22)17-8-4-3-5-9-17)30-24(31)23-20(12-7-13-27-23)18-10-6-11-19(26)14-18/h3-14,16H,15H2,1-2H3,(H,28,29)(H,30,31). The second kappa shape index (κ2) is 8.74. The van der Waals surface area contributed by atoms with Crippen LogP contribution in [0.1, 0.15) is 30.2 Å². The highest BCUT2D eigenvalue weighted by atomic mass is 35.5. The van der Waals surface area contributed by atoms with Gasteiger partial charge in [0.1, 0.15) is 11.5 Å². The van der Waals surface area contributed by atoms with Gasteiger partial charge >= 0.3 is 0 Å². The minimum Gasteiger partial charge on any atom is -0.345 e. The maximum Gasteiger partial charge on any atom is 0.270 e. The number of rotatable bonds is 6. The third-order valence-electron chi connectivity index (χ3n) is 4.93. The van der Waals surface area contributed by atoms with Gasteiger partial charge in [0.2, 0.25) is 0 Å². The summed E-state index contributed by atoms with van der Waals surface area (Å²) in [6, 6.07) is 21.1. The Hall–Kier alpha value is -3.44. The van der Waals surface area contributed by atoms with Crippen molar-refractivity contribution in [3.8, 4) is 22.4 Å². The van der Waals surface area contributed by atoms with Crippen LogP contribution in [-0.4, -0.2) is 26.4 Å². The molecule has 5 nitrogen and oxygen atoms in total. The number of amides is 1. The monoisotopic (exact) mass is 430 g/mol. The molecule has 0 atom stereocenters. The summed E-state index contributed by atoms with van der Waals surface area (Å²) < 4.78 is 0. The van der Waals surface area contributed by atoms with Crippen molar-refractivity contribution in [3.05, 3.63) is 95.7 Å². The second-order valence-corrected chi connectivity index (χ2v) is 8.47. The SMILES string of the molecule is CC(C)(Cc1ncc(-c2ccccc2)[nH]1)NC(=O)c1ncccc1-c1cccc(Cl)c1. The maximum atomic E-state index is 13.1. The zero-order valence-corrected chi connectivity index (χ0v) is 18.1. The van der Waals surface area contributed by atoms with E-state index < -0.39 is 5.54 Å². The van der Waals surface area contributed by atoms with E-state index in [0.717, 1.165) is 28.2 Å². The predicted octanol–water partition coefficient (Wildman–Crippen LogP) is 5.54. The fourth-order valence-electron chi connectivity index (χ4n) is 3.52. The molecule has 2 N–H and O–H groups in total. The number of nitrogens with one attached hydrogen (secondary N) is 2. The van der Waals surface area contributed by atoms with Crippen LogP contribution >= 0.6 is 11.6 Å². The number of pyridine rings is 1. The fraction of sp³-hybridized carbons (Fsp3) is 0.160. The number of aromatic nitrogens is 3. The molecule has 2 heterocycles. The van der Waals surface area contributed by atoms with Crippen molar-refractivity contribution >= 4 is 17.5 Å². The number of imidazole rings is 1. The van der Waals surface area contributed by atoms with Gasteiger partial charge in [-0.25, -0.2) is 4.98 Å². The molecule has 4 aromatic rings. The Morgan fingerprint density at radius 1 is 1.00 bits per heavy atom. The summed E-state index contributed by atoms with van der Waals surface area (Å²) in [5.74, 6) is 0.565. The van der Waals surface area contributed by atoms with E-state index in [-0.39, 0.29) is 5.91 Å². The first-order chi connectivity index (χ1) is 14.9. The van der Waals surface area contributed by atoms with Crippen molar-refractivity contribution < 1.29 is 4.79 Å². The number of aromatic amines is 1. The first-order valence-electron chi connectivity index (χ1n) is 10.0. The normalized spacial score (nSPS) is 11.3. The van der Waals surface area contributed by atoms with Crippen LogP contribution < -0.4 is 5.32 Å². The summed E-state index contributed by atoms with van der Waals surface area (Å²) in [6.45, 7) is 3.94. The second-order valence-electron chi connectivity index (χ2n) is 8.03. The first-order valence-corrected chi connectivity index (χ1v) is 10.4. The molecule has 0 aliphatic carbocycles. The van der Waals surface area contributed by atoms with Crippen molar-refractivity contribution in [3.63, 3.8) is 0 Å². The van der Waals surface area contributed by atoms with Gasteiger partial charge in [-0.2, -0.15) is 0 Å². The Bertz CT molecular complexity index is 1200. The molecule has 0 radical (unpaired) electrons. The molecule has 0 spiro atoms. The van der Waals surface area contributed by atoms with Crippen LogP contribution in [0.2, 0.25) is 5.02 Å². The minimum absolute atomic E-state index is 0.240. The van der Waals surface area contributed by atoms with Crippen molar-refractivity contribution in [2.75, 3.05) is 0 Å². The summed E-state index contributed by atoms with van der Waals surface area (Å²) in [7, 11) is 0. The van der Waals surface area contributed by atoms with E-state index in [4.69, 9.17) is 11.6 Å². The van der Waals surface area contributed by atoms with Gasteiger partial charge in [0.15, 0.2) is 0 Å². The van der Waals surface area contributed by atoms with Crippen LogP contribution in [-0.2, 0) is 6.42 Å². The van der Waals surface area contributed by atoms with Gasteiger partial charge < -0.3 is 10.3 Å². The third kappa shape index (κ3) is 5.01. The lowest BCUT2D eigenvalue weighted by Crippen LogP contribution is -2.45. The average molecular weight is 431 g/mol. The third-order valence-corrected chi connectivity index (χ3v) is 5.17. The number of hydrogen-bond donors (Lipinski definition) is 2. The topological polar surface area (TPSA) is 70.7 Å². The van der Waals surface area contributed by atoms with Gasteiger partial charge in [0.25, 0.3) is 5.91 Å². The number of H-pyrrole nitrogens is 1. The number of hydrogen-bond acceptors (Lipinski definition) is 3. The number of halogens is 1. The molecular weight excluding hydrogens is 408 g/mol. The lowest BCUT2D eigenvalue weighted by atomic mass is 9.98. The lowest BCUT2D eigenvalue weighted by molar-refractivity contribution is 0.0908. The van der Waals surface area contributed by atoms with Crippen molar-refractivity contribution in [1.82, 2.24) is 20.3 Å². The molecule has 0 bridgehead atoms. The Balaban J connectivity index is 1.52. The molecule has 0 saturated heterocycles. The number of nitrogens with zero attached hydrogens (tertiary/aromatic N) is 2. The molecule has 0 unspecified atom stereocenters. The minimum atomic E-state index is -0.536. The largest absolute Gasteiger partial charge is 0.345 e. The highest BCUT2D eigenvalue weighted by molar-refractivity contribution is 6.30. The summed E-state index contributed by atoms with van der Waals surface area (Å²) in [5.41, 5.74) is 3.44. The number of carbonyl (C=O) groups is 1. The van der Waals surface area contributed by atoms with E-state index in [9.17, 15) is 4.79 Å². The smallest absolute Gasteiger partial charge is 0.270 e. The van der Waals surface area contributed by atoms with Gasteiger partial charge in [-0.05, 0) is 43.2 Å². The Kier molecular flexibility index (Phi) is 5.87. The summed E-state index contributed by atoms with van der Waals surface area (Å²) in [4.78, 5) is 25.3. The molecule has 0 saturated carbocycles. The van der Waals surface area contributed by atoms with Crippen LogP contribution in [0, 0.1) is 0 Å². The molecule has 2 aromatic heterocycles. The van der Waals surface area contributed by atoms with Crippen molar-refractivity contribution in [2.45, 2.75) is 25.8 Å². The Morgan fingerprint density at radius 2 is 1.77 bits per heavy atom. The van der Waals surface area contributed by atoms with E-state index in [1.807, 2.05) is 80.7 Å². The summed E-state index contributed by atoms with van der Waals surface area (Å²) in [6.07, 6.45) is 3.98. The van der Waals surface area contributed by atoms with Gasteiger partial charge in [0, 0.05) is 28.7 Å². The van der Waals surface area contributed by atoms with E-state index in [1.54, 1.807) is 12.3 Å². The van der Waals surface area contributed by atoms with Gasteiger partial charge in [0.05, 0.1) is 11.9 Å². The summed E-state index contributed by atoms with van der Waals surface area (Å²) >= 11 is 6.14. The molecule has 4 rings (SSSR count). The van der Waals surface area contributed by atoms with Crippen LogP contribution in [0.4, 0.5) is 0 Å². The van der Waals surface area contributed by atoms with Crippen LogP contribution in [0.25, 0.3) is 22.4 Å². The van der Waals surface area contributed by atoms with E-state index in [0.29, 0.717) is 17.1 Å². The fourth-order valence-corrected chi connectivity index (χ4v) is 3.71. The zero-order valence-electron chi connectivity index (χ0n) is 17.4. The zero-order chi connectivity index (χ0) is 21.8. The van der Waals surface area contributed by atoms with E-state index >= 15 is 0 Å². The molecule has 6 heteroatoms. The predicted molar refractivity (Wildman–Crippen MR) is 124 cm³/mol. The highest BCUT2D eigenvalue weighted by Crippen LogP contribution is 2.26. The van der Waals surface area contributed by atoms with Gasteiger partial charge in [-0.3, -0.25) is 9.78 Å². The number of carbonyl (C=O) groups excluding carboxylic acids is 1. The van der Waals surface area contributed by atoms with Crippen molar-refractivity contribution in [2.24, 2.45) is 0 Å². The molecule has 0 aliphatic heterocycles. The van der Waals surface area contributed by atoms with Crippen LogP contribution in [0.5, 0.6) is 0 Å². The van der Waals surface area contributed by atoms with Crippen molar-refractivity contribution in [1.29, 1.82) is 0 Å². The highest BCUT2D eigenvalue weighted by Gasteiger charge is 2.25. The number of benzene rings is 2. The molecule has 156 valence electrons. The quantitative estimate of drug-likeness (QED) is 0.421. The van der Waals surface area contributed by atoms with Gasteiger partial charge in [-0.15, -0.1) is 0 Å². The molecule has 1 amide bonds. The van der Waals surface area contributed by atoms with Crippen LogP contribution in [0.15, 0.2) is 79.1 Å². The summed E-state index contributed by atoms with van der Waals surface area (Å²) in [5, 5.41) is 3.71. The van der Waals surface area contributed by atoms with E-state index in [1.165, 1.54) is 0 Å². The molecule has 31 heavy (non-hydrogen) atoms. The molecule has 2 aromatic carbocycles.